The summed E-state index contributed by atoms with van der Waals surface area (Å²) >= 11 is 0. The van der Waals surface area contributed by atoms with E-state index < -0.39 is 10.8 Å². The molecule has 0 saturated heterocycles. The molecule has 0 aromatic carbocycles. The van der Waals surface area contributed by atoms with Gasteiger partial charge in [-0.2, -0.15) is 5.10 Å². The van der Waals surface area contributed by atoms with Crippen LogP contribution in [0.3, 0.4) is 0 Å². The van der Waals surface area contributed by atoms with E-state index in [0.29, 0.717) is 33.0 Å². The highest BCUT2D eigenvalue weighted by molar-refractivity contribution is 7.84. The van der Waals surface area contributed by atoms with Crippen molar-refractivity contribution in [3.8, 4) is 0 Å². The quantitative estimate of drug-likeness (QED) is 0.601. The molecular formula is C23H26N6O2S. The third kappa shape index (κ3) is 2.51. The summed E-state index contributed by atoms with van der Waals surface area (Å²) in [5.41, 5.74) is 2.75. The number of imidazole rings is 1. The molecule has 9 heteroatoms. The van der Waals surface area contributed by atoms with Gasteiger partial charge in [-0.1, -0.05) is 6.07 Å². The monoisotopic (exact) mass is 450 g/mol. The van der Waals surface area contributed by atoms with Gasteiger partial charge in [-0.3, -0.25) is 18.5 Å². The minimum atomic E-state index is -1.36. The lowest BCUT2D eigenvalue weighted by Crippen LogP contribution is -2.57. The van der Waals surface area contributed by atoms with Crippen LogP contribution in [0.2, 0.25) is 0 Å². The van der Waals surface area contributed by atoms with Crippen molar-refractivity contribution in [3.05, 3.63) is 42.1 Å². The maximum atomic E-state index is 13.2. The fraction of sp³-hybridized carbons (Fsp3) is 0.565. The van der Waals surface area contributed by atoms with Gasteiger partial charge >= 0.3 is 0 Å². The Bertz CT molecular complexity index is 1250. The van der Waals surface area contributed by atoms with Gasteiger partial charge < -0.3 is 5.32 Å². The smallest absolute Gasteiger partial charge is 0.268 e. The number of pyridine rings is 1. The van der Waals surface area contributed by atoms with Gasteiger partial charge in [-0.05, 0) is 79.2 Å². The van der Waals surface area contributed by atoms with Crippen LogP contribution < -0.4 is 5.32 Å². The first-order valence-corrected chi connectivity index (χ1v) is 12.9. The zero-order valence-electron chi connectivity index (χ0n) is 17.8. The van der Waals surface area contributed by atoms with E-state index in [1.165, 1.54) is 44.9 Å². The van der Waals surface area contributed by atoms with Gasteiger partial charge in [-0.25, -0.2) is 9.97 Å². The summed E-state index contributed by atoms with van der Waals surface area (Å²) in [4.78, 5) is 21.8. The highest BCUT2D eigenvalue weighted by Crippen LogP contribution is 2.80. The molecule has 3 heterocycles. The Morgan fingerprint density at radius 3 is 3.00 bits per heavy atom. The molecule has 6 unspecified atom stereocenters. The molecule has 3 aromatic heterocycles. The second-order valence-electron chi connectivity index (χ2n) is 10.5. The van der Waals surface area contributed by atoms with Crippen molar-refractivity contribution in [1.29, 1.82) is 0 Å². The molecule has 0 aliphatic heterocycles. The van der Waals surface area contributed by atoms with Crippen LogP contribution in [0, 0.1) is 28.6 Å². The number of rotatable bonds is 6. The summed E-state index contributed by atoms with van der Waals surface area (Å²) < 4.78 is 14.3. The molecule has 4 aliphatic carbocycles. The maximum absolute atomic E-state index is 13.2. The van der Waals surface area contributed by atoms with Crippen LogP contribution in [0.25, 0.3) is 5.65 Å². The molecule has 166 valence electrons. The molecule has 4 fully saturated rings. The van der Waals surface area contributed by atoms with Crippen LogP contribution in [0.15, 0.2) is 35.9 Å². The molecule has 8 nitrogen and oxygen atoms in total. The van der Waals surface area contributed by atoms with Crippen LogP contribution in [0.1, 0.15) is 54.7 Å². The minimum absolute atomic E-state index is 0.0545. The van der Waals surface area contributed by atoms with Crippen LogP contribution in [0.4, 0.5) is 0 Å². The summed E-state index contributed by atoms with van der Waals surface area (Å²) in [6.07, 6.45) is 11.4. The number of amides is 1. The first kappa shape index (κ1) is 19.0. The summed E-state index contributed by atoms with van der Waals surface area (Å²) in [6, 6.07) is 5.55. The van der Waals surface area contributed by atoms with Crippen molar-refractivity contribution in [2.75, 3.05) is 6.54 Å². The van der Waals surface area contributed by atoms with E-state index in [2.05, 4.69) is 25.5 Å². The molecular weight excluding hydrogens is 424 g/mol. The highest BCUT2D eigenvalue weighted by Gasteiger charge is 2.73. The lowest BCUT2D eigenvalue weighted by molar-refractivity contribution is -0.0960. The number of nitrogens with zero attached hydrogens (tertiary/aromatic N) is 4. The number of carbonyl (C=O) groups is 1. The van der Waals surface area contributed by atoms with E-state index >= 15 is 0 Å². The Hall–Kier alpha value is -2.55. The second kappa shape index (κ2) is 6.50. The molecule has 3 bridgehead atoms. The lowest BCUT2D eigenvalue weighted by atomic mass is 9.46. The van der Waals surface area contributed by atoms with Gasteiger partial charge in [0.25, 0.3) is 5.91 Å². The summed E-state index contributed by atoms with van der Waals surface area (Å²) in [5.74, 6) is 2.89. The molecule has 7 rings (SSSR count). The van der Waals surface area contributed by atoms with Gasteiger partial charge in [0.1, 0.15) is 17.7 Å². The number of H-pyrrole nitrogens is 1. The van der Waals surface area contributed by atoms with E-state index in [-0.39, 0.29) is 11.7 Å². The summed E-state index contributed by atoms with van der Waals surface area (Å²) in [7, 11) is -1.36. The third-order valence-corrected chi connectivity index (χ3v) is 10.2. The number of nitrogens with one attached hydrogen (secondary N) is 2. The Kier molecular flexibility index (Phi) is 3.85. The molecule has 4 saturated carbocycles. The molecule has 1 amide bonds. The maximum Gasteiger partial charge on any atom is 0.268 e. The first-order valence-electron chi connectivity index (χ1n) is 11.5. The molecule has 2 N–H and O–H groups in total. The molecule has 32 heavy (non-hydrogen) atoms. The van der Waals surface area contributed by atoms with Crippen molar-refractivity contribution in [2.45, 2.75) is 49.4 Å². The fourth-order valence-corrected chi connectivity index (χ4v) is 8.92. The second-order valence-corrected chi connectivity index (χ2v) is 11.9. The van der Waals surface area contributed by atoms with E-state index in [9.17, 15) is 9.00 Å². The van der Waals surface area contributed by atoms with Gasteiger partial charge in [0.15, 0.2) is 0 Å². The molecule has 1 spiro atoms. The van der Waals surface area contributed by atoms with Crippen LogP contribution >= 0.6 is 0 Å². The van der Waals surface area contributed by atoms with Gasteiger partial charge in [-0.15, -0.1) is 0 Å². The van der Waals surface area contributed by atoms with Crippen LogP contribution in [0.5, 0.6) is 0 Å². The largest absolute Gasteiger partial charge is 0.350 e. The van der Waals surface area contributed by atoms with E-state index in [1.807, 2.05) is 18.2 Å². The van der Waals surface area contributed by atoms with Crippen molar-refractivity contribution < 1.29 is 9.00 Å². The highest BCUT2D eigenvalue weighted by atomic mass is 32.2. The Balaban J connectivity index is 1.11. The predicted octanol–water partition coefficient (Wildman–Crippen LogP) is 2.71. The van der Waals surface area contributed by atoms with Gasteiger partial charge in [0.05, 0.1) is 22.2 Å². The first-order chi connectivity index (χ1) is 15.6. The van der Waals surface area contributed by atoms with Crippen molar-refractivity contribution in [1.82, 2.24) is 29.9 Å². The normalized spacial score (nSPS) is 35.1. The van der Waals surface area contributed by atoms with Crippen LogP contribution in [-0.2, 0) is 16.6 Å². The third-order valence-electron chi connectivity index (χ3n) is 8.99. The van der Waals surface area contributed by atoms with Gasteiger partial charge in [0.2, 0.25) is 5.16 Å². The van der Waals surface area contributed by atoms with Crippen LogP contribution in [-0.4, -0.2) is 41.2 Å². The Labute approximate surface area is 188 Å². The van der Waals surface area contributed by atoms with E-state index in [4.69, 9.17) is 0 Å². The topological polar surface area (TPSA) is 105 Å². The molecule has 0 radical (unpaired) electrons. The molecule has 3 aromatic rings. The van der Waals surface area contributed by atoms with Crippen molar-refractivity contribution in [3.63, 3.8) is 0 Å². The average Bonchev–Trinajstić information content (AvgIpc) is 3.51. The van der Waals surface area contributed by atoms with Crippen molar-refractivity contribution >= 4 is 22.4 Å². The standard InChI is InChI=1S/C23H26N6O2S/c30-20(24-12-22-6-15-4-14-5-16(9-22)23(22,7-14)8-15)18-2-1-3-19-27-17(10-29(18)19)11-32(31)21-25-13-26-28-21/h1-3,10,13-16H,4-9,11-12H2,(H,24,30)(H,25,26,28). The summed E-state index contributed by atoms with van der Waals surface area (Å²) in [5, 5.41) is 10.0. The van der Waals surface area contributed by atoms with Crippen molar-refractivity contribution in [2.24, 2.45) is 28.6 Å². The minimum Gasteiger partial charge on any atom is -0.350 e. The van der Waals surface area contributed by atoms with E-state index in [0.717, 1.165) is 24.3 Å². The number of carbonyl (C=O) groups excluding carboxylic acids is 1. The summed E-state index contributed by atoms with van der Waals surface area (Å²) in [6.45, 7) is 0.791. The lowest BCUT2D eigenvalue weighted by Gasteiger charge is -2.59. The number of hydrogen-bond donors (Lipinski definition) is 2. The number of aromatic nitrogens is 5. The molecule has 6 atom stereocenters. The van der Waals surface area contributed by atoms with E-state index in [1.54, 1.807) is 10.6 Å². The Morgan fingerprint density at radius 2 is 2.12 bits per heavy atom. The SMILES string of the molecule is O=C(NCC12CC3CC4CC(C1)C2(C4)C3)c1cccc2nc(CS(=O)c3ncn[nH]3)cn12. The number of fused-ring (bicyclic) bond motifs is 3. The number of aromatic amines is 1. The Morgan fingerprint density at radius 1 is 1.22 bits per heavy atom. The number of hydrogen-bond acceptors (Lipinski definition) is 5. The predicted molar refractivity (Wildman–Crippen MR) is 117 cm³/mol. The zero-order valence-corrected chi connectivity index (χ0v) is 18.6. The van der Waals surface area contributed by atoms with Gasteiger partial charge in [0, 0.05) is 12.7 Å². The molecule has 4 aliphatic rings. The zero-order chi connectivity index (χ0) is 21.5. The average molecular weight is 451 g/mol. The fourth-order valence-electron chi connectivity index (χ4n) is 8.06.